The molecule has 114 valence electrons. The van der Waals surface area contributed by atoms with Gasteiger partial charge in [-0.1, -0.05) is 34.1 Å². The summed E-state index contributed by atoms with van der Waals surface area (Å²) in [7, 11) is 0. The zero-order valence-electron chi connectivity index (χ0n) is 11.8. The highest BCUT2D eigenvalue weighted by Crippen LogP contribution is 2.52. The molecule has 2 amide bonds. The van der Waals surface area contributed by atoms with Gasteiger partial charge in [-0.2, -0.15) is 0 Å². The Labute approximate surface area is 135 Å². The third-order valence-electron chi connectivity index (χ3n) is 4.82. The van der Waals surface area contributed by atoms with Gasteiger partial charge in [-0.3, -0.25) is 9.59 Å². The molecular weight excluding hydrogens is 350 g/mol. The molecule has 1 N–H and O–H groups in total. The molecule has 4 atom stereocenters. The fraction of sp³-hybridized carbons (Fsp3) is 0.375. The lowest BCUT2D eigenvalue weighted by molar-refractivity contribution is -0.128. The van der Waals surface area contributed by atoms with Crippen LogP contribution >= 0.6 is 15.9 Å². The molecule has 2 saturated heterocycles. The van der Waals surface area contributed by atoms with Crippen molar-refractivity contribution in [1.29, 1.82) is 0 Å². The number of imide groups is 1. The van der Waals surface area contributed by atoms with E-state index >= 15 is 0 Å². The molecular formula is C16H14BrNO4. The van der Waals surface area contributed by atoms with Gasteiger partial charge in [-0.25, -0.2) is 4.90 Å². The van der Waals surface area contributed by atoms with Crippen LogP contribution in [0.3, 0.4) is 0 Å². The van der Waals surface area contributed by atoms with Crippen molar-refractivity contribution in [2.75, 3.05) is 11.5 Å². The molecule has 0 radical (unpaired) electrons. The molecule has 3 aliphatic rings. The van der Waals surface area contributed by atoms with Crippen molar-refractivity contribution in [2.24, 2.45) is 11.8 Å². The molecule has 1 aromatic rings. The van der Waals surface area contributed by atoms with Crippen LogP contribution in [0.15, 0.2) is 34.8 Å². The maximum Gasteiger partial charge on any atom is 0.241 e. The van der Waals surface area contributed by atoms with E-state index in [0.29, 0.717) is 5.69 Å². The first-order valence-electron chi connectivity index (χ1n) is 7.10. The molecule has 2 fully saturated rings. The number of aliphatic hydroxyl groups is 1. The largest absolute Gasteiger partial charge is 0.393 e. The Morgan fingerprint density at radius 1 is 1.36 bits per heavy atom. The Hall–Kier alpha value is -1.50. The predicted molar refractivity (Wildman–Crippen MR) is 82.2 cm³/mol. The predicted octanol–water partition coefficient (Wildman–Crippen LogP) is 1.56. The number of hydrogen-bond acceptors (Lipinski definition) is 4. The number of anilines is 1. The van der Waals surface area contributed by atoms with Crippen LogP contribution in [-0.2, 0) is 14.3 Å². The van der Waals surface area contributed by atoms with Crippen molar-refractivity contribution >= 4 is 33.4 Å². The third-order valence-corrected chi connectivity index (χ3v) is 5.67. The van der Waals surface area contributed by atoms with E-state index < -0.39 is 23.5 Å². The highest BCUT2D eigenvalue weighted by Gasteiger charge is 2.67. The summed E-state index contributed by atoms with van der Waals surface area (Å²) in [4.78, 5) is 26.8. The summed E-state index contributed by atoms with van der Waals surface area (Å²) in [6.45, 7) is 1.64. The summed E-state index contributed by atoms with van der Waals surface area (Å²) in [6, 6.07) is 5.39. The van der Waals surface area contributed by atoms with Gasteiger partial charge < -0.3 is 9.84 Å². The summed E-state index contributed by atoms with van der Waals surface area (Å²) in [5.41, 5.74) is 0.535. The van der Waals surface area contributed by atoms with Gasteiger partial charge >= 0.3 is 0 Å². The third kappa shape index (κ3) is 1.60. The van der Waals surface area contributed by atoms with E-state index in [1.165, 1.54) is 4.90 Å². The van der Waals surface area contributed by atoms with Gasteiger partial charge in [0.15, 0.2) is 0 Å². The highest BCUT2D eigenvalue weighted by molar-refractivity contribution is 9.10. The number of aliphatic hydroxyl groups excluding tert-OH is 1. The van der Waals surface area contributed by atoms with Crippen LogP contribution in [0.1, 0.15) is 5.56 Å². The zero-order chi connectivity index (χ0) is 15.6. The van der Waals surface area contributed by atoms with E-state index in [-0.39, 0.29) is 18.4 Å². The summed E-state index contributed by atoms with van der Waals surface area (Å²) >= 11 is 3.43. The smallest absolute Gasteiger partial charge is 0.241 e. The van der Waals surface area contributed by atoms with Crippen LogP contribution in [0, 0.1) is 18.8 Å². The number of fused-ring (bicyclic) bond motifs is 5. The second kappa shape index (κ2) is 4.50. The topological polar surface area (TPSA) is 66.8 Å². The summed E-state index contributed by atoms with van der Waals surface area (Å²) in [6.07, 6.45) is 3.07. The number of ether oxygens (including phenoxy) is 1. The number of carbonyl (C=O) groups is 2. The Morgan fingerprint density at radius 2 is 2.14 bits per heavy atom. The summed E-state index contributed by atoms with van der Waals surface area (Å²) in [5, 5.41) is 9.67. The first-order chi connectivity index (χ1) is 10.5. The van der Waals surface area contributed by atoms with Crippen LogP contribution in [0.5, 0.6) is 0 Å². The Morgan fingerprint density at radius 3 is 2.82 bits per heavy atom. The molecule has 3 aliphatic heterocycles. The lowest BCUT2D eigenvalue weighted by Gasteiger charge is -2.26. The average Bonchev–Trinajstić information content (AvgIpc) is 3.14. The Kier molecular flexibility index (Phi) is 2.89. The van der Waals surface area contributed by atoms with Gasteiger partial charge in [0.25, 0.3) is 0 Å². The second-order valence-corrected chi connectivity index (χ2v) is 6.86. The molecule has 0 aliphatic carbocycles. The van der Waals surface area contributed by atoms with E-state index in [0.717, 1.165) is 10.0 Å². The molecule has 0 aromatic heterocycles. The minimum atomic E-state index is -1.04. The van der Waals surface area contributed by atoms with Crippen LogP contribution in [0.2, 0.25) is 0 Å². The maximum atomic E-state index is 12.8. The Balaban J connectivity index is 1.77. The minimum Gasteiger partial charge on any atom is -0.393 e. The number of aryl methyl sites for hydroxylation is 1. The summed E-state index contributed by atoms with van der Waals surface area (Å²) in [5.74, 6) is -1.73. The van der Waals surface area contributed by atoms with Crippen LogP contribution in [0.4, 0.5) is 5.69 Å². The number of nitrogens with zero attached hydrogens (tertiary/aromatic N) is 1. The van der Waals surface area contributed by atoms with Crippen LogP contribution in [-0.4, -0.2) is 35.2 Å². The normalized spacial score (nSPS) is 35.6. The number of rotatable bonds is 2. The molecule has 1 aromatic carbocycles. The maximum absolute atomic E-state index is 12.8. The Bertz CT molecular complexity index is 731. The van der Waals surface area contributed by atoms with E-state index in [1.54, 1.807) is 24.3 Å². The van der Waals surface area contributed by atoms with Crippen molar-refractivity contribution in [3.8, 4) is 0 Å². The molecule has 5 nitrogen and oxygen atoms in total. The fourth-order valence-electron chi connectivity index (χ4n) is 3.66. The van der Waals surface area contributed by atoms with Gasteiger partial charge in [0.05, 0.1) is 30.2 Å². The van der Waals surface area contributed by atoms with Gasteiger partial charge in [0, 0.05) is 4.47 Å². The van der Waals surface area contributed by atoms with Crippen molar-refractivity contribution in [2.45, 2.75) is 18.6 Å². The second-order valence-electron chi connectivity index (χ2n) is 6.00. The first kappa shape index (κ1) is 14.1. The SMILES string of the molecule is Cc1ccc(N2C(=O)[C@@H]3[C@@H]4C=C[C@](CO)(O4)[C@@H]3C2=O)cc1Br. The lowest BCUT2D eigenvalue weighted by Crippen LogP contribution is -2.43. The van der Waals surface area contributed by atoms with Gasteiger partial charge in [-0.05, 0) is 24.6 Å². The van der Waals surface area contributed by atoms with Crippen molar-refractivity contribution in [3.63, 3.8) is 0 Å². The number of carbonyl (C=O) groups excluding carboxylic acids is 2. The van der Waals surface area contributed by atoms with E-state index in [4.69, 9.17) is 4.74 Å². The van der Waals surface area contributed by atoms with E-state index in [9.17, 15) is 14.7 Å². The number of hydrogen-bond donors (Lipinski definition) is 1. The fourth-order valence-corrected chi connectivity index (χ4v) is 4.03. The number of halogens is 1. The monoisotopic (exact) mass is 363 g/mol. The van der Waals surface area contributed by atoms with Gasteiger partial charge in [0.2, 0.25) is 11.8 Å². The van der Waals surface area contributed by atoms with Crippen molar-refractivity contribution < 1.29 is 19.4 Å². The molecule has 0 unspecified atom stereocenters. The van der Waals surface area contributed by atoms with Crippen LogP contribution < -0.4 is 4.90 Å². The molecule has 3 heterocycles. The van der Waals surface area contributed by atoms with Gasteiger partial charge in [0.1, 0.15) is 5.60 Å². The number of benzene rings is 1. The highest BCUT2D eigenvalue weighted by atomic mass is 79.9. The van der Waals surface area contributed by atoms with Crippen molar-refractivity contribution in [1.82, 2.24) is 0 Å². The number of amides is 2. The van der Waals surface area contributed by atoms with Crippen molar-refractivity contribution in [3.05, 3.63) is 40.4 Å². The average molecular weight is 364 g/mol. The lowest BCUT2D eigenvalue weighted by atomic mass is 9.77. The minimum absolute atomic E-state index is 0.254. The molecule has 0 spiro atoms. The molecule has 22 heavy (non-hydrogen) atoms. The van der Waals surface area contributed by atoms with Crippen LogP contribution in [0.25, 0.3) is 0 Å². The standard InChI is InChI=1S/C16H14BrNO4/c1-8-2-3-9(6-10(8)17)18-14(20)12-11-4-5-16(7-19,22-11)13(12)15(18)21/h2-6,11-13,19H,7H2,1H3/t11-,12+,13-,16+/m0/s1. The van der Waals surface area contributed by atoms with E-state index in [1.807, 2.05) is 13.0 Å². The molecule has 0 saturated carbocycles. The molecule has 2 bridgehead atoms. The van der Waals surface area contributed by atoms with Gasteiger partial charge in [-0.15, -0.1) is 0 Å². The molecule has 4 rings (SSSR count). The first-order valence-corrected chi connectivity index (χ1v) is 7.90. The summed E-state index contributed by atoms with van der Waals surface area (Å²) < 4.78 is 6.55. The quantitative estimate of drug-likeness (QED) is 0.639. The zero-order valence-corrected chi connectivity index (χ0v) is 13.4. The molecule has 6 heteroatoms. The van der Waals surface area contributed by atoms with E-state index in [2.05, 4.69) is 15.9 Å².